The molecule has 0 unspecified atom stereocenters. The van der Waals surface area contributed by atoms with Crippen molar-refractivity contribution >= 4 is 15.9 Å². The smallest absolute Gasteiger partial charge is 0.00924 e. The molecule has 1 rings (SSSR count). The van der Waals surface area contributed by atoms with E-state index in [9.17, 15) is 0 Å². The van der Waals surface area contributed by atoms with Crippen molar-refractivity contribution < 1.29 is 0 Å². The van der Waals surface area contributed by atoms with E-state index in [0.717, 1.165) is 17.3 Å². The van der Waals surface area contributed by atoms with Crippen LogP contribution in [0.15, 0.2) is 0 Å². The van der Waals surface area contributed by atoms with Crippen molar-refractivity contribution in [1.29, 1.82) is 0 Å². The Hall–Kier alpha value is 0.440. The van der Waals surface area contributed by atoms with Crippen molar-refractivity contribution in [3.63, 3.8) is 0 Å². The molecule has 0 N–H and O–H groups in total. The van der Waals surface area contributed by atoms with Gasteiger partial charge in [0.15, 0.2) is 0 Å². The first kappa shape index (κ1) is 11.5. The molecule has 0 bridgehead atoms. The highest BCUT2D eigenvalue weighted by Crippen LogP contribution is 2.26. The van der Waals surface area contributed by atoms with Crippen LogP contribution in [-0.4, -0.2) is 29.9 Å². The number of hydrogen-bond donors (Lipinski definition) is 0. The molecule has 1 fully saturated rings. The summed E-state index contributed by atoms with van der Waals surface area (Å²) in [6.07, 6.45) is 6.98. The van der Waals surface area contributed by atoms with Gasteiger partial charge in [0.2, 0.25) is 0 Å². The van der Waals surface area contributed by atoms with Gasteiger partial charge in [0.1, 0.15) is 0 Å². The van der Waals surface area contributed by atoms with Gasteiger partial charge in [-0.25, -0.2) is 0 Å². The molecule has 0 aromatic carbocycles. The largest absolute Gasteiger partial charge is 0.303 e. The molecule has 1 nitrogen and oxygen atoms in total. The Balaban J connectivity index is 2.19. The zero-order valence-electron chi connectivity index (χ0n) is 8.93. The Morgan fingerprint density at radius 3 is 2.38 bits per heavy atom. The summed E-state index contributed by atoms with van der Waals surface area (Å²) in [6, 6.07) is 0.871. The quantitative estimate of drug-likeness (QED) is 0.690. The van der Waals surface area contributed by atoms with Crippen molar-refractivity contribution in [3.8, 4) is 0 Å². The monoisotopic (exact) mass is 247 g/mol. The van der Waals surface area contributed by atoms with E-state index in [4.69, 9.17) is 0 Å². The highest BCUT2D eigenvalue weighted by Gasteiger charge is 2.20. The minimum Gasteiger partial charge on any atom is -0.303 e. The second-order valence-electron chi connectivity index (χ2n) is 4.44. The summed E-state index contributed by atoms with van der Waals surface area (Å²) >= 11 is 3.48. The van der Waals surface area contributed by atoms with Gasteiger partial charge in [0.05, 0.1) is 0 Å². The SMILES string of the molecule is CC1CCC(N(C)CCCBr)CC1. The average molecular weight is 248 g/mol. The third kappa shape index (κ3) is 3.99. The van der Waals surface area contributed by atoms with Crippen LogP contribution in [0, 0.1) is 5.92 Å². The minimum atomic E-state index is 0.871. The van der Waals surface area contributed by atoms with E-state index in [-0.39, 0.29) is 0 Å². The van der Waals surface area contributed by atoms with E-state index in [1.54, 1.807) is 0 Å². The summed E-state index contributed by atoms with van der Waals surface area (Å²) in [4.78, 5) is 2.55. The maximum atomic E-state index is 3.48. The summed E-state index contributed by atoms with van der Waals surface area (Å²) in [5, 5.41) is 1.14. The topological polar surface area (TPSA) is 3.24 Å². The van der Waals surface area contributed by atoms with Crippen molar-refractivity contribution in [2.24, 2.45) is 5.92 Å². The maximum absolute atomic E-state index is 3.48. The predicted octanol–water partition coefficient (Wildman–Crippen LogP) is 3.28. The van der Waals surface area contributed by atoms with Gasteiger partial charge in [-0.05, 0) is 51.6 Å². The standard InChI is InChI=1S/C11H22BrN/c1-10-4-6-11(7-5-10)13(2)9-3-8-12/h10-11H,3-9H2,1-2H3. The van der Waals surface area contributed by atoms with E-state index in [0.29, 0.717) is 0 Å². The highest BCUT2D eigenvalue weighted by atomic mass is 79.9. The molecule has 2 heteroatoms. The Morgan fingerprint density at radius 2 is 1.85 bits per heavy atom. The van der Waals surface area contributed by atoms with Crippen molar-refractivity contribution in [3.05, 3.63) is 0 Å². The number of rotatable bonds is 4. The minimum absolute atomic E-state index is 0.871. The molecule has 78 valence electrons. The van der Waals surface area contributed by atoms with Crippen LogP contribution in [0.2, 0.25) is 0 Å². The van der Waals surface area contributed by atoms with Gasteiger partial charge >= 0.3 is 0 Å². The average Bonchev–Trinajstić information content (AvgIpc) is 2.15. The maximum Gasteiger partial charge on any atom is 0.00924 e. The lowest BCUT2D eigenvalue weighted by atomic mass is 9.87. The van der Waals surface area contributed by atoms with Crippen molar-refractivity contribution in [2.45, 2.75) is 45.1 Å². The zero-order valence-corrected chi connectivity index (χ0v) is 10.5. The highest BCUT2D eigenvalue weighted by molar-refractivity contribution is 9.09. The second kappa shape index (κ2) is 6.02. The fourth-order valence-electron chi connectivity index (χ4n) is 2.17. The first-order chi connectivity index (χ1) is 6.24. The van der Waals surface area contributed by atoms with Gasteiger partial charge in [-0.2, -0.15) is 0 Å². The molecule has 0 spiro atoms. The van der Waals surface area contributed by atoms with Gasteiger partial charge < -0.3 is 4.90 Å². The first-order valence-corrected chi connectivity index (χ1v) is 6.62. The molecule has 0 aromatic rings. The molecule has 1 aliphatic rings. The summed E-state index contributed by atoms with van der Waals surface area (Å²) in [5.74, 6) is 0.973. The van der Waals surface area contributed by atoms with Crippen molar-refractivity contribution in [1.82, 2.24) is 4.90 Å². The third-order valence-electron chi connectivity index (χ3n) is 3.25. The Morgan fingerprint density at radius 1 is 1.23 bits per heavy atom. The molecule has 0 saturated heterocycles. The molecule has 1 saturated carbocycles. The van der Waals surface area contributed by atoms with Crippen LogP contribution in [-0.2, 0) is 0 Å². The van der Waals surface area contributed by atoms with Crippen LogP contribution in [0.5, 0.6) is 0 Å². The van der Waals surface area contributed by atoms with Crippen LogP contribution in [0.25, 0.3) is 0 Å². The molecule has 0 heterocycles. The Bertz CT molecular complexity index is 130. The summed E-state index contributed by atoms with van der Waals surface area (Å²) in [6.45, 7) is 3.64. The van der Waals surface area contributed by atoms with Gasteiger partial charge in [-0.3, -0.25) is 0 Å². The first-order valence-electron chi connectivity index (χ1n) is 5.50. The van der Waals surface area contributed by atoms with Gasteiger partial charge in [0, 0.05) is 11.4 Å². The van der Waals surface area contributed by atoms with Gasteiger partial charge in [0.25, 0.3) is 0 Å². The van der Waals surface area contributed by atoms with E-state index < -0.39 is 0 Å². The van der Waals surface area contributed by atoms with Gasteiger partial charge in [-0.1, -0.05) is 22.9 Å². The Kier molecular flexibility index (Phi) is 5.34. The molecule has 0 aromatic heterocycles. The molecule has 0 amide bonds. The summed E-state index contributed by atoms with van der Waals surface area (Å²) in [7, 11) is 2.28. The number of nitrogens with zero attached hydrogens (tertiary/aromatic N) is 1. The number of halogens is 1. The zero-order chi connectivity index (χ0) is 9.68. The summed E-state index contributed by atoms with van der Waals surface area (Å²) < 4.78 is 0. The van der Waals surface area contributed by atoms with E-state index in [2.05, 4.69) is 34.8 Å². The number of hydrogen-bond acceptors (Lipinski definition) is 1. The summed E-state index contributed by atoms with van der Waals surface area (Å²) in [5.41, 5.74) is 0. The van der Waals surface area contributed by atoms with Crippen molar-refractivity contribution in [2.75, 3.05) is 18.9 Å². The normalized spacial score (nSPS) is 29.5. The van der Waals surface area contributed by atoms with Crippen LogP contribution in [0.1, 0.15) is 39.0 Å². The van der Waals surface area contributed by atoms with E-state index >= 15 is 0 Å². The second-order valence-corrected chi connectivity index (χ2v) is 5.23. The molecule has 0 atom stereocenters. The Labute approximate surface area is 91.0 Å². The van der Waals surface area contributed by atoms with Gasteiger partial charge in [-0.15, -0.1) is 0 Å². The molecule has 13 heavy (non-hydrogen) atoms. The lowest BCUT2D eigenvalue weighted by Crippen LogP contribution is -2.35. The van der Waals surface area contributed by atoms with E-state index in [1.807, 2.05) is 0 Å². The number of alkyl halides is 1. The molecule has 0 radical (unpaired) electrons. The predicted molar refractivity (Wildman–Crippen MR) is 62.5 cm³/mol. The van der Waals surface area contributed by atoms with Crippen LogP contribution in [0.3, 0.4) is 0 Å². The fourth-order valence-corrected chi connectivity index (χ4v) is 2.43. The fraction of sp³-hybridized carbons (Fsp3) is 1.00. The van der Waals surface area contributed by atoms with E-state index in [1.165, 1.54) is 38.6 Å². The molecule has 0 aliphatic heterocycles. The molecular formula is C11H22BrN. The third-order valence-corrected chi connectivity index (χ3v) is 3.81. The molecule has 1 aliphatic carbocycles. The lowest BCUT2D eigenvalue weighted by molar-refractivity contribution is 0.171. The van der Waals surface area contributed by atoms with Crippen LogP contribution < -0.4 is 0 Å². The van der Waals surface area contributed by atoms with Crippen LogP contribution >= 0.6 is 15.9 Å². The lowest BCUT2D eigenvalue weighted by Gasteiger charge is -2.33. The molecular weight excluding hydrogens is 226 g/mol. The van der Waals surface area contributed by atoms with Crippen LogP contribution in [0.4, 0.5) is 0 Å².